The van der Waals surface area contributed by atoms with Crippen LogP contribution in [0, 0.1) is 0 Å². The van der Waals surface area contributed by atoms with Crippen LogP contribution in [0.25, 0.3) is 11.4 Å². The molecule has 14 heavy (non-hydrogen) atoms. The molecule has 0 amide bonds. The third-order valence-electron chi connectivity index (χ3n) is 1.66. The van der Waals surface area contributed by atoms with E-state index in [0.29, 0.717) is 21.1 Å². The Bertz CT molecular complexity index is 449. The minimum absolute atomic E-state index is 0.332. The number of hydrogen-bond donors (Lipinski definition) is 0. The Balaban J connectivity index is 2.66. The number of aryl methyl sites for hydroxylation is 1. The standard InChI is InChI=1S/C7H5BrClN5/c1-14-5(6(8)12-13-14)4-7(9)11-3-2-10-4/h2-3H,1H3. The molecular formula is C7H5BrClN5. The number of rotatable bonds is 1. The Hall–Kier alpha value is -1.01. The summed E-state index contributed by atoms with van der Waals surface area (Å²) in [6.07, 6.45) is 3.10. The SMILES string of the molecule is Cn1nnc(Br)c1-c1nccnc1Cl. The van der Waals surface area contributed by atoms with Crippen LogP contribution < -0.4 is 0 Å². The second-order valence-electron chi connectivity index (χ2n) is 2.55. The summed E-state index contributed by atoms with van der Waals surface area (Å²) in [5.74, 6) is 0. The molecule has 0 saturated carbocycles. The van der Waals surface area contributed by atoms with Gasteiger partial charge in [0, 0.05) is 19.4 Å². The molecule has 0 atom stereocenters. The second-order valence-corrected chi connectivity index (χ2v) is 3.66. The van der Waals surface area contributed by atoms with E-state index < -0.39 is 0 Å². The first-order chi connectivity index (χ1) is 6.70. The van der Waals surface area contributed by atoms with Gasteiger partial charge in [0.05, 0.1) is 0 Å². The van der Waals surface area contributed by atoms with Crippen molar-refractivity contribution in [1.29, 1.82) is 0 Å². The highest BCUT2D eigenvalue weighted by Gasteiger charge is 2.15. The van der Waals surface area contributed by atoms with Crippen molar-refractivity contribution in [3.05, 3.63) is 22.1 Å². The largest absolute Gasteiger partial charge is 0.250 e. The molecule has 72 valence electrons. The van der Waals surface area contributed by atoms with Crippen molar-refractivity contribution >= 4 is 27.5 Å². The molecule has 0 aliphatic rings. The zero-order chi connectivity index (χ0) is 10.1. The lowest BCUT2D eigenvalue weighted by Crippen LogP contribution is -1.97. The Morgan fingerprint density at radius 1 is 1.36 bits per heavy atom. The summed E-state index contributed by atoms with van der Waals surface area (Å²) in [4.78, 5) is 8.05. The molecule has 2 aromatic rings. The molecule has 2 aromatic heterocycles. The van der Waals surface area contributed by atoms with Crippen molar-refractivity contribution in [2.75, 3.05) is 0 Å². The highest BCUT2D eigenvalue weighted by molar-refractivity contribution is 9.10. The summed E-state index contributed by atoms with van der Waals surface area (Å²) in [6.45, 7) is 0. The van der Waals surface area contributed by atoms with Crippen molar-refractivity contribution in [1.82, 2.24) is 25.0 Å². The maximum atomic E-state index is 5.90. The molecule has 2 rings (SSSR count). The van der Waals surface area contributed by atoms with Crippen LogP contribution in [0.4, 0.5) is 0 Å². The van der Waals surface area contributed by atoms with Crippen molar-refractivity contribution in [3.63, 3.8) is 0 Å². The molecule has 0 radical (unpaired) electrons. The predicted molar refractivity (Wildman–Crippen MR) is 54.7 cm³/mol. The van der Waals surface area contributed by atoms with E-state index in [4.69, 9.17) is 11.6 Å². The molecule has 0 unspecified atom stereocenters. The zero-order valence-electron chi connectivity index (χ0n) is 7.15. The molecule has 2 heterocycles. The molecule has 0 N–H and O–H groups in total. The fourth-order valence-electron chi connectivity index (χ4n) is 1.06. The first-order valence-electron chi connectivity index (χ1n) is 3.72. The monoisotopic (exact) mass is 273 g/mol. The van der Waals surface area contributed by atoms with E-state index in [1.807, 2.05) is 0 Å². The summed E-state index contributed by atoms with van der Waals surface area (Å²) in [6, 6.07) is 0. The normalized spacial score (nSPS) is 10.5. The Kier molecular flexibility index (Phi) is 2.47. The Labute approximate surface area is 93.3 Å². The van der Waals surface area contributed by atoms with Crippen molar-refractivity contribution in [3.8, 4) is 11.4 Å². The molecule has 0 saturated heterocycles. The average Bonchev–Trinajstić information content (AvgIpc) is 2.48. The third kappa shape index (κ3) is 1.51. The van der Waals surface area contributed by atoms with Gasteiger partial charge in [-0.05, 0) is 15.9 Å². The first kappa shape index (κ1) is 9.54. The Morgan fingerprint density at radius 2 is 2.07 bits per heavy atom. The molecule has 7 heteroatoms. The summed E-state index contributed by atoms with van der Waals surface area (Å²) in [7, 11) is 1.76. The zero-order valence-corrected chi connectivity index (χ0v) is 9.49. The maximum Gasteiger partial charge on any atom is 0.158 e. The number of halogens is 2. The minimum atomic E-state index is 0.332. The van der Waals surface area contributed by atoms with Gasteiger partial charge < -0.3 is 0 Å². The average molecular weight is 275 g/mol. The van der Waals surface area contributed by atoms with Gasteiger partial charge in [-0.3, -0.25) is 0 Å². The third-order valence-corrected chi connectivity index (χ3v) is 2.47. The van der Waals surface area contributed by atoms with E-state index in [1.165, 1.54) is 6.20 Å². The molecule has 0 aromatic carbocycles. The van der Waals surface area contributed by atoms with E-state index in [0.717, 1.165) is 0 Å². The lowest BCUT2D eigenvalue weighted by molar-refractivity contribution is 0.718. The minimum Gasteiger partial charge on any atom is -0.250 e. The topological polar surface area (TPSA) is 56.5 Å². The van der Waals surface area contributed by atoms with Crippen LogP contribution in [0.1, 0.15) is 0 Å². The molecular weight excluding hydrogens is 269 g/mol. The fourth-order valence-corrected chi connectivity index (χ4v) is 1.77. The van der Waals surface area contributed by atoms with Gasteiger partial charge in [-0.2, -0.15) is 0 Å². The van der Waals surface area contributed by atoms with Gasteiger partial charge in [0.25, 0.3) is 0 Å². The molecule has 5 nitrogen and oxygen atoms in total. The van der Waals surface area contributed by atoms with Crippen molar-refractivity contribution < 1.29 is 0 Å². The van der Waals surface area contributed by atoms with E-state index in [1.54, 1.807) is 17.9 Å². The van der Waals surface area contributed by atoms with Crippen LogP contribution in [0.3, 0.4) is 0 Å². The molecule has 0 bridgehead atoms. The summed E-state index contributed by atoms with van der Waals surface area (Å²) in [5, 5.41) is 8.00. The maximum absolute atomic E-state index is 5.90. The van der Waals surface area contributed by atoms with Gasteiger partial charge in [0.15, 0.2) is 9.76 Å². The van der Waals surface area contributed by atoms with Gasteiger partial charge in [0.2, 0.25) is 0 Å². The van der Waals surface area contributed by atoms with Gasteiger partial charge in [-0.25, -0.2) is 14.6 Å². The fraction of sp³-hybridized carbons (Fsp3) is 0.143. The summed E-state index contributed by atoms with van der Waals surface area (Å²) < 4.78 is 2.18. The number of hydrogen-bond acceptors (Lipinski definition) is 4. The van der Waals surface area contributed by atoms with Gasteiger partial charge in [-0.15, -0.1) is 5.10 Å². The highest BCUT2D eigenvalue weighted by Crippen LogP contribution is 2.27. The molecule has 0 fully saturated rings. The smallest absolute Gasteiger partial charge is 0.158 e. The van der Waals surface area contributed by atoms with E-state index in [9.17, 15) is 0 Å². The lowest BCUT2D eigenvalue weighted by atomic mass is 10.3. The van der Waals surface area contributed by atoms with E-state index in [-0.39, 0.29) is 0 Å². The van der Waals surface area contributed by atoms with Crippen LogP contribution in [0.5, 0.6) is 0 Å². The van der Waals surface area contributed by atoms with Crippen LogP contribution in [0.2, 0.25) is 5.15 Å². The van der Waals surface area contributed by atoms with Crippen LogP contribution in [-0.4, -0.2) is 25.0 Å². The number of nitrogens with zero attached hydrogens (tertiary/aromatic N) is 5. The molecule has 0 aliphatic heterocycles. The second kappa shape index (κ2) is 3.62. The van der Waals surface area contributed by atoms with E-state index in [2.05, 4.69) is 36.2 Å². The summed E-state index contributed by atoms with van der Waals surface area (Å²) in [5.41, 5.74) is 1.27. The summed E-state index contributed by atoms with van der Waals surface area (Å²) >= 11 is 9.16. The van der Waals surface area contributed by atoms with Crippen molar-refractivity contribution in [2.24, 2.45) is 7.05 Å². The van der Waals surface area contributed by atoms with Gasteiger partial charge in [0.1, 0.15) is 11.4 Å². The van der Waals surface area contributed by atoms with Crippen LogP contribution in [-0.2, 0) is 7.05 Å². The predicted octanol–water partition coefficient (Wildman–Crippen LogP) is 1.69. The molecule has 0 aliphatic carbocycles. The number of aromatic nitrogens is 5. The first-order valence-corrected chi connectivity index (χ1v) is 4.89. The van der Waals surface area contributed by atoms with Gasteiger partial charge >= 0.3 is 0 Å². The highest BCUT2D eigenvalue weighted by atomic mass is 79.9. The van der Waals surface area contributed by atoms with Gasteiger partial charge in [-0.1, -0.05) is 16.8 Å². The van der Waals surface area contributed by atoms with Crippen molar-refractivity contribution in [2.45, 2.75) is 0 Å². The molecule has 0 spiro atoms. The van der Waals surface area contributed by atoms with Crippen LogP contribution in [0.15, 0.2) is 17.0 Å². The van der Waals surface area contributed by atoms with Crippen LogP contribution >= 0.6 is 27.5 Å². The Morgan fingerprint density at radius 3 is 2.64 bits per heavy atom. The van der Waals surface area contributed by atoms with E-state index >= 15 is 0 Å². The lowest BCUT2D eigenvalue weighted by Gasteiger charge is -2.01. The quantitative estimate of drug-likeness (QED) is 0.794.